The first-order valence-electron chi connectivity index (χ1n) is 4.92. The number of hydrogen-bond donors (Lipinski definition) is 0. The first kappa shape index (κ1) is 10.5. The lowest BCUT2D eigenvalue weighted by Gasteiger charge is -2.09. The third kappa shape index (κ3) is 1.52. The van der Waals surface area contributed by atoms with Crippen molar-refractivity contribution in [3.8, 4) is 0 Å². The Morgan fingerprint density at radius 1 is 1.31 bits per heavy atom. The highest BCUT2D eigenvalue weighted by Gasteiger charge is 2.46. The molecule has 82 valence electrons. The molecule has 1 heterocycles. The van der Waals surface area contributed by atoms with Crippen molar-refractivity contribution in [2.24, 2.45) is 4.99 Å². The second-order valence-corrected chi connectivity index (χ2v) is 3.80. The van der Waals surface area contributed by atoms with E-state index in [1.54, 1.807) is 12.1 Å². The van der Waals surface area contributed by atoms with Crippen molar-refractivity contribution >= 4 is 17.7 Å². The number of carbonyl (C=O) groups excluding carboxylic acids is 2. The van der Waals surface area contributed by atoms with Gasteiger partial charge in [0.1, 0.15) is 0 Å². The van der Waals surface area contributed by atoms with E-state index in [1.165, 1.54) is 13.8 Å². The Balaban J connectivity index is 2.41. The van der Waals surface area contributed by atoms with E-state index in [2.05, 4.69) is 4.99 Å². The fraction of sp³-hybridized carbons (Fsp3) is 0.250. The second-order valence-electron chi connectivity index (χ2n) is 3.80. The highest BCUT2D eigenvalue weighted by Crippen LogP contribution is 2.23. The fourth-order valence-corrected chi connectivity index (χ4v) is 1.39. The summed E-state index contributed by atoms with van der Waals surface area (Å²) in [6.07, 6.45) is 0. The van der Waals surface area contributed by atoms with E-state index < -0.39 is 11.5 Å². The van der Waals surface area contributed by atoms with Crippen molar-refractivity contribution in [3.05, 3.63) is 35.9 Å². The molecule has 1 atom stereocenters. The van der Waals surface area contributed by atoms with Crippen LogP contribution in [0.25, 0.3) is 0 Å². The summed E-state index contributed by atoms with van der Waals surface area (Å²) in [6, 6.07) is 9.03. The van der Waals surface area contributed by atoms with Gasteiger partial charge in [0.15, 0.2) is 5.78 Å². The highest BCUT2D eigenvalue weighted by molar-refractivity contribution is 6.17. The maximum atomic E-state index is 11.6. The molecule has 0 amide bonds. The molecule has 0 saturated carbocycles. The monoisotopic (exact) mass is 217 g/mol. The van der Waals surface area contributed by atoms with Gasteiger partial charge in [-0.1, -0.05) is 18.2 Å². The molecule has 4 heteroatoms. The van der Waals surface area contributed by atoms with Gasteiger partial charge < -0.3 is 4.74 Å². The Labute approximate surface area is 92.9 Å². The van der Waals surface area contributed by atoms with E-state index in [4.69, 9.17) is 4.74 Å². The van der Waals surface area contributed by atoms with Crippen molar-refractivity contribution in [2.75, 3.05) is 0 Å². The Morgan fingerprint density at radius 3 is 2.44 bits per heavy atom. The standard InChI is InChI=1S/C12H11NO3/c1-8(14)12(2)11(15)16-10(13-12)9-6-4-3-5-7-9/h3-7H,1-2H3/t12-/m1/s1. The molecule has 16 heavy (non-hydrogen) atoms. The highest BCUT2D eigenvalue weighted by atomic mass is 16.6. The van der Waals surface area contributed by atoms with E-state index in [-0.39, 0.29) is 11.7 Å². The maximum Gasteiger partial charge on any atom is 0.348 e. The smallest absolute Gasteiger partial charge is 0.348 e. The van der Waals surface area contributed by atoms with Crippen LogP contribution in [0.2, 0.25) is 0 Å². The number of benzene rings is 1. The molecule has 0 aliphatic carbocycles. The van der Waals surface area contributed by atoms with Gasteiger partial charge in [0.25, 0.3) is 0 Å². The number of aliphatic imine (C=N–C) groups is 1. The van der Waals surface area contributed by atoms with E-state index >= 15 is 0 Å². The summed E-state index contributed by atoms with van der Waals surface area (Å²) in [5.74, 6) is -0.717. The summed E-state index contributed by atoms with van der Waals surface area (Å²) in [4.78, 5) is 27.0. The lowest BCUT2D eigenvalue weighted by atomic mass is 10.00. The summed E-state index contributed by atoms with van der Waals surface area (Å²) < 4.78 is 5.01. The van der Waals surface area contributed by atoms with Crippen molar-refractivity contribution in [2.45, 2.75) is 19.4 Å². The topological polar surface area (TPSA) is 55.7 Å². The van der Waals surface area contributed by atoms with Gasteiger partial charge in [0.2, 0.25) is 11.4 Å². The molecule has 0 unspecified atom stereocenters. The van der Waals surface area contributed by atoms with E-state index in [0.717, 1.165) is 0 Å². The van der Waals surface area contributed by atoms with Gasteiger partial charge in [-0.15, -0.1) is 0 Å². The average molecular weight is 217 g/mol. The lowest BCUT2D eigenvalue weighted by molar-refractivity contribution is -0.142. The molecular weight excluding hydrogens is 206 g/mol. The minimum Gasteiger partial charge on any atom is -0.405 e. The zero-order valence-electron chi connectivity index (χ0n) is 9.06. The molecule has 0 spiro atoms. The van der Waals surface area contributed by atoms with Crippen LogP contribution < -0.4 is 0 Å². The quantitative estimate of drug-likeness (QED) is 0.554. The Kier molecular flexibility index (Phi) is 2.34. The van der Waals surface area contributed by atoms with Crippen LogP contribution in [0.5, 0.6) is 0 Å². The van der Waals surface area contributed by atoms with Crippen molar-refractivity contribution in [1.29, 1.82) is 0 Å². The molecule has 2 rings (SSSR count). The summed E-state index contributed by atoms with van der Waals surface area (Å²) >= 11 is 0. The van der Waals surface area contributed by atoms with Crippen LogP contribution in [0, 0.1) is 0 Å². The number of ether oxygens (including phenoxy) is 1. The van der Waals surface area contributed by atoms with Crippen molar-refractivity contribution in [1.82, 2.24) is 0 Å². The number of ketones is 1. The van der Waals surface area contributed by atoms with Gasteiger partial charge in [-0.05, 0) is 26.0 Å². The van der Waals surface area contributed by atoms with Crippen LogP contribution >= 0.6 is 0 Å². The molecule has 4 nitrogen and oxygen atoms in total. The Morgan fingerprint density at radius 2 is 1.94 bits per heavy atom. The second kappa shape index (κ2) is 3.56. The van der Waals surface area contributed by atoms with Crippen molar-refractivity contribution < 1.29 is 14.3 Å². The number of Topliss-reactive ketones (excluding diaryl/α,β-unsaturated/α-hetero) is 1. The van der Waals surface area contributed by atoms with Crippen LogP contribution in [0.1, 0.15) is 19.4 Å². The largest absolute Gasteiger partial charge is 0.405 e. The number of carbonyl (C=O) groups is 2. The van der Waals surface area contributed by atoms with E-state index in [1.807, 2.05) is 18.2 Å². The van der Waals surface area contributed by atoms with Gasteiger partial charge in [-0.3, -0.25) is 4.79 Å². The predicted octanol–water partition coefficient (Wildman–Crippen LogP) is 1.34. The summed E-state index contributed by atoms with van der Waals surface area (Å²) in [5.41, 5.74) is -0.689. The Bertz CT molecular complexity index is 478. The normalized spacial score (nSPS) is 23.9. The number of hydrogen-bond acceptors (Lipinski definition) is 4. The van der Waals surface area contributed by atoms with Crippen LogP contribution in [0.15, 0.2) is 35.3 Å². The number of rotatable bonds is 2. The Hall–Kier alpha value is -1.97. The van der Waals surface area contributed by atoms with Gasteiger partial charge in [0.05, 0.1) is 0 Å². The molecule has 0 aromatic heterocycles. The third-order valence-corrected chi connectivity index (χ3v) is 2.62. The zero-order valence-corrected chi connectivity index (χ0v) is 9.06. The molecule has 0 fully saturated rings. The summed E-state index contributed by atoms with van der Waals surface area (Å²) in [7, 11) is 0. The molecular formula is C12H11NO3. The van der Waals surface area contributed by atoms with Crippen LogP contribution in [0.4, 0.5) is 0 Å². The van der Waals surface area contributed by atoms with Crippen molar-refractivity contribution in [3.63, 3.8) is 0 Å². The molecule has 0 bridgehead atoms. The minimum absolute atomic E-state index is 0.211. The molecule has 0 saturated heterocycles. The van der Waals surface area contributed by atoms with Gasteiger partial charge in [-0.2, -0.15) is 0 Å². The van der Waals surface area contributed by atoms with Crippen LogP contribution in [-0.4, -0.2) is 23.2 Å². The first-order valence-corrected chi connectivity index (χ1v) is 4.92. The zero-order chi connectivity index (χ0) is 11.8. The van der Waals surface area contributed by atoms with Crippen LogP contribution in [-0.2, 0) is 14.3 Å². The van der Waals surface area contributed by atoms with Gasteiger partial charge in [-0.25, -0.2) is 9.79 Å². The number of cyclic esters (lactones) is 1. The number of nitrogens with zero attached hydrogens (tertiary/aromatic N) is 1. The SMILES string of the molecule is CC(=O)[C@@]1(C)N=C(c2ccccc2)OC1=O. The maximum absolute atomic E-state index is 11.6. The van der Waals surface area contributed by atoms with E-state index in [9.17, 15) is 9.59 Å². The molecule has 1 aromatic carbocycles. The molecule has 1 aliphatic heterocycles. The molecule has 0 N–H and O–H groups in total. The van der Waals surface area contributed by atoms with Crippen LogP contribution in [0.3, 0.4) is 0 Å². The average Bonchev–Trinajstić information content (AvgIpc) is 2.58. The van der Waals surface area contributed by atoms with Gasteiger partial charge >= 0.3 is 5.97 Å². The summed E-state index contributed by atoms with van der Waals surface area (Å²) in [5, 5.41) is 0. The fourth-order valence-electron chi connectivity index (χ4n) is 1.39. The minimum atomic E-state index is -1.38. The molecule has 0 radical (unpaired) electrons. The molecule has 1 aliphatic rings. The summed E-state index contributed by atoms with van der Waals surface area (Å²) in [6.45, 7) is 2.80. The third-order valence-electron chi connectivity index (χ3n) is 2.62. The van der Waals surface area contributed by atoms with E-state index in [0.29, 0.717) is 5.56 Å². The predicted molar refractivity (Wildman–Crippen MR) is 58.2 cm³/mol. The molecule has 1 aromatic rings. The van der Waals surface area contributed by atoms with Gasteiger partial charge in [0, 0.05) is 5.56 Å². The number of esters is 1. The first-order chi connectivity index (χ1) is 7.54. The lowest BCUT2D eigenvalue weighted by Crippen LogP contribution is -2.37.